The number of thioether (sulfide) groups is 1. The van der Waals surface area contributed by atoms with Gasteiger partial charge in [-0.15, -0.1) is 5.10 Å². The number of anilines is 2. The number of allylic oxidation sites excluding steroid dienone is 1. The summed E-state index contributed by atoms with van der Waals surface area (Å²) in [5.74, 6) is 2.12. The maximum Gasteiger partial charge on any atom is 0.255 e. The summed E-state index contributed by atoms with van der Waals surface area (Å²) in [7, 11) is 0. The number of amides is 1. The second kappa shape index (κ2) is 12.4. The molecule has 206 valence electrons. The van der Waals surface area contributed by atoms with Crippen molar-refractivity contribution in [1.29, 1.82) is 0 Å². The maximum absolute atomic E-state index is 13.9. The summed E-state index contributed by atoms with van der Waals surface area (Å²) in [5, 5.41) is 12.1. The third-order valence-corrected chi connectivity index (χ3v) is 8.01. The van der Waals surface area contributed by atoms with E-state index in [9.17, 15) is 4.79 Å². The third kappa shape index (κ3) is 6.07. The molecule has 0 aliphatic carbocycles. The molecule has 0 spiro atoms. The molecule has 1 atom stereocenters. The Morgan fingerprint density at radius 1 is 1.05 bits per heavy atom. The summed E-state index contributed by atoms with van der Waals surface area (Å²) in [5.41, 5.74) is 6.28. The first-order chi connectivity index (χ1) is 19.4. The minimum Gasteiger partial charge on any atom is -0.489 e. The first-order valence-electron chi connectivity index (χ1n) is 13.7. The fourth-order valence-electron chi connectivity index (χ4n) is 4.69. The first-order valence-corrected chi connectivity index (χ1v) is 14.6. The van der Waals surface area contributed by atoms with E-state index in [0.29, 0.717) is 23.3 Å². The molecule has 0 bridgehead atoms. The molecular weight excluding hydrogens is 518 g/mol. The highest BCUT2D eigenvalue weighted by atomic mass is 32.2. The number of carbonyl (C=O) groups excluding carboxylic acids is 1. The molecule has 1 amide bonds. The van der Waals surface area contributed by atoms with Crippen LogP contribution in [-0.2, 0) is 11.4 Å². The molecule has 1 unspecified atom stereocenters. The van der Waals surface area contributed by atoms with Gasteiger partial charge in [0.2, 0.25) is 11.1 Å². The van der Waals surface area contributed by atoms with Gasteiger partial charge >= 0.3 is 0 Å². The molecule has 1 aliphatic rings. The van der Waals surface area contributed by atoms with Crippen LogP contribution in [0.3, 0.4) is 0 Å². The van der Waals surface area contributed by atoms with E-state index < -0.39 is 6.04 Å². The maximum atomic E-state index is 13.9. The highest BCUT2D eigenvalue weighted by molar-refractivity contribution is 7.99. The molecule has 40 heavy (non-hydrogen) atoms. The Hall–Kier alpha value is -4.04. The predicted octanol–water partition coefficient (Wildman–Crippen LogP) is 7.29. The van der Waals surface area contributed by atoms with Gasteiger partial charge in [0.15, 0.2) is 0 Å². The number of ether oxygens (including phenoxy) is 1. The van der Waals surface area contributed by atoms with Crippen molar-refractivity contribution in [3.05, 3.63) is 106 Å². The third-order valence-electron chi connectivity index (χ3n) is 7.08. The van der Waals surface area contributed by atoms with Gasteiger partial charge in [0.25, 0.3) is 5.91 Å². The fourth-order valence-corrected chi connectivity index (χ4v) is 5.61. The van der Waals surface area contributed by atoms with Crippen molar-refractivity contribution >= 4 is 29.3 Å². The molecule has 7 nitrogen and oxygen atoms in total. The molecular formula is C32H35N5O2S. The lowest BCUT2D eigenvalue weighted by Crippen LogP contribution is -2.31. The first kappa shape index (κ1) is 27.5. The van der Waals surface area contributed by atoms with Gasteiger partial charge in [0.05, 0.1) is 5.57 Å². The molecule has 0 saturated heterocycles. The summed E-state index contributed by atoms with van der Waals surface area (Å²) < 4.78 is 7.98. The van der Waals surface area contributed by atoms with E-state index in [1.807, 2.05) is 98.2 Å². The average Bonchev–Trinajstić information content (AvgIpc) is 3.36. The quantitative estimate of drug-likeness (QED) is 0.159. The van der Waals surface area contributed by atoms with Gasteiger partial charge in [-0.05, 0) is 67.6 Å². The lowest BCUT2D eigenvalue weighted by atomic mass is 9.94. The Morgan fingerprint density at radius 2 is 1.85 bits per heavy atom. The number of fused-ring (bicyclic) bond motifs is 1. The molecule has 2 heterocycles. The Bertz CT molecular complexity index is 1530. The number of hydrogen-bond acceptors (Lipinski definition) is 6. The van der Waals surface area contributed by atoms with Crippen LogP contribution in [0.15, 0.2) is 89.2 Å². The number of aryl methyl sites for hydroxylation is 1. The van der Waals surface area contributed by atoms with Crippen LogP contribution in [0.25, 0.3) is 0 Å². The van der Waals surface area contributed by atoms with Crippen molar-refractivity contribution in [3.63, 3.8) is 0 Å². The number of nitrogens with one attached hydrogen (secondary N) is 2. The van der Waals surface area contributed by atoms with Crippen LogP contribution in [0.4, 0.5) is 11.6 Å². The van der Waals surface area contributed by atoms with Gasteiger partial charge in [-0.3, -0.25) is 4.79 Å². The standard InChI is InChI=1S/C32H35N5O2S/c1-5-6-18-40-32-35-31-33-23(4)28(30(38)34-27-17-10-12-21(2)22(27)3)29(37(31)36-32)25-15-11-16-26(19-25)39-20-24-13-8-7-9-14-24/h7-17,19,29H,5-6,18,20H2,1-4H3,(H,34,38)(H,33,35,36). The van der Waals surface area contributed by atoms with Crippen LogP contribution in [0.1, 0.15) is 55.0 Å². The molecule has 1 aromatic heterocycles. The highest BCUT2D eigenvalue weighted by Gasteiger charge is 2.34. The second-order valence-electron chi connectivity index (χ2n) is 9.98. The fraction of sp³-hybridized carbons (Fsp3) is 0.281. The lowest BCUT2D eigenvalue weighted by Gasteiger charge is -2.29. The van der Waals surface area contributed by atoms with Crippen LogP contribution in [0.2, 0.25) is 0 Å². The number of hydrogen-bond donors (Lipinski definition) is 2. The molecule has 2 N–H and O–H groups in total. The van der Waals surface area contributed by atoms with Crippen molar-refractivity contribution in [2.75, 3.05) is 16.4 Å². The molecule has 0 saturated carbocycles. The van der Waals surface area contributed by atoms with E-state index in [2.05, 4.69) is 17.6 Å². The normalized spacial score (nSPS) is 14.4. The number of carbonyl (C=O) groups is 1. The van der Waals surface area contributed by atoms with Gasteiger partial charge in [0, 0.05) is 17.1 Å². The van der Waals surface area contributed by atoms with E-state index >= 15 is 0 Å². The van der Waals surface area contributed by atoms with Crippen molar-refractivity contribution in [3.8, 4) is 5.75 Å². The van der Waals surface area contributed by atoms with Crippen molar-refractivity contribution < 1.29 is 9.53 Å². The van der Waals surface area contributed by atoms with Crippen LogP contribution >= 0.6 is 11.8 Å². The number of rotatable bonds is 10. The largest absolute Gasteiger partial charge is 0.489 e. The van der Waals surface area contributed by atoms with Crippen molar-refractivity contribution in [1.82, 2.24) is 14.8 Å². The van der Waals surface area contributed by atoms with E-state index in [1.165, 1.54) is 0 Å². The Morgan fingerprint density at radius 3 is 2.65 bits per heavy atom. The molecule has 8 heteroatoms. The van der Waals surface area contributed by atoms with Crippen LogP contribution in [-0.4, -0.2) is 26.4 Å². The van der Waals surface area contributed by atoms with Crippen LogP contribution in [0, 0.1) is 13.8 Å². The van der Waals surface area contributed by atoms with Gasteiger partial charge < -0.3 is 15.4 Å². The average molecular weight is 554 g/mol. The topological polar surface area (TPSA) is 81.1 Å². The van der Waals surface area contributed by atoms with Gasteiger partial charge in [0.1, 0.15) is 18.4 Å². The highest BCUT2D eigenvalue weighted by Crippen LogP contribution is 2.38. The molecule has 1 aliphatic heterocycles. The van der Waals surface area contributed by atoms with E-state index in [-0.39, 0.29) is 5.91 Å². The Kier molecular flexibility index (Phi) is 8.55. The molecule has 5 rings (SSSR count). The van der Waals surface area contributed by atoms with Gasteiger partial charge in [-0.25, -0.2) is 4.68 Å². The minimum absolute atomic E-state index is 0.180. The van der Waals surface area contributed by atoms with E-state index in [1.54, 1.807) is 11.8 Å². The summed E-state index contributed by atoms with van der Waals surface area (Å²) >= 11 is 1.63. The second-order valence-corrected chi connectivity index (χ2v) is 11.0. The number of benzene rings is 3. The Labute approximate surface area is 240 Å². The minimum atomic E-state index is -0.477. The number of aromatic nitrogens is 3. The monoisotopic (exact) mass is 553 g/mol. The van der Waals surface area contributed by atoms with Gasteiger partial charge in [-0.2, -0.15) is 4.98 Å². The Balaban J connectivity index is 1.50. The number of nitrogens with zero attached hydrogens (tertiary/aromatic N) is 3. The van der Waals surface area contributed by atoms with E-state index in [0.717, 1.165) is 58.0 Å². The summed E-state index contributed by atoms with van der Waals surface area (Å²) in [6, 6.07) is 23.4. The molecule has 0 radical (unpaired) electrons. The van der Waals surface area contributed by atoms with Crippen LogP contribution < -0.4 is 15.4 Å². The summed E-state index contributed by atoms with van der Waals surface area (Å²) in [4.78, 5) is 18.7. The zero-order valence-corrected chi connectivity index (χ0v) is 24.2. The van der Waals surface area contributed by atoms with Crippen molar-refractivity contribution in [2.45, 2.75) is 58.3 Å². The van der Waals surface area contributed by atoms with Crippen LogP contribution in [0.5, 0.6) is 5.75 Å². The van der Waals surface area contributed by atoms with Crippen molar-refractivity contribution in [2.24, 2.45) is 0 Å². The molecule has 0 fully saturated rings. The van der Waals surface area contributed by atoms with E-state index in [4.69, 9.17) is 14.8 Å². The van der Waals surface area contributed by atoms with Gasteiger partial charge in [-0.1, -0.05) is 79.7 Å². The zero-order chi connectivity index (χ0) is 28.1. The zero-order valence-electron chi connectivity index (χ0n) is 23.4. The summed E-state index contributed by atoms with van der Waals surface area (Å²) in [6.07, 6.45) is 2.20. The number of unbranched alkanes of at least 4 members (excludes halogenated alkanes) is 1. The molecule has 4 aromatic rings. The lowest BCUT2D eigenvalue weighted by molar-refractivity contribution is -0.113. The SMILES string of the molecule is CCCCSc1nc2n(n1)C(c1cccc(OCc3ccccc3)c1)C(C(=O)Nc1cccc(C)c1C)=C(C)N2. The molecule has 3 aromatic carbocycles. The summed E-state index contributed by atoms with van der Waals surface area (Å²) in [6.45, 7) is 8.61. The smallest absolute Gasteiger partial charge is 0.255 e. The predicted molar refractivity (Wildman–Crippen MR) is 162 cm³/mol.